The number of benzene rings is 1. The molecular weight excluding hydrogens is 297 g/mol. The van der Waals surface area contributed by atoms with Crippen LogP contribution in [0.3, 0.4) is 0 Å². The summed E-state index contributed by atoms with van der Waals surface area (Å²) in [5.41, 5.74) is -0.995. The van der Waals surface area contributed by atoms with Crippen LogP contribution in [0, 0.1) is 0 Å². The van der Waals surface area contributed by atoms with Gasteiger partial charge in [-0.1, -0.05) is 30.3 Å². The third kappa shape index (κ3) is 6.08. The number of rotatable bonds is 7. The third-order valence-electron chi connectivity index (χ3n) is 3.00. The van der Waals surface area contributed by atoms with E-state index < -0.39 is 31.2 Å². The molecule has 0 saturated heterocycles. The first-order valence-corrected chi connectivity index (χ1v) is 8.05. The highest BCUT2D eigenvalue weighted by Crippen LogP contribution is 2.36. The minimum Gasteiger partial charge on any atom is -0.480 e. The van der Waals surface area contributed by atoms with Crippen molar-refractivity contribution in [1.82, 2.24) is 5.32 Å². The average Bonchev–Trinajstić information content (AvgIpc) is 2.36. The summed E-state index contributed by atoms with van der Waals surface area (Å²) in [6.45, 7) is 1.23. The molecule has 0 fully saturated rings. The molecule has 1 aromatic rings. The van der Waals surface area contributed by atoms with Crippen molar-refractivity contribution in [3.8, 4) is 0 Å². The predicted molar refractivity (Wildman–Crippen MR) is 75.9 cm³/mol. The lowest BCUT2D eigenvalue weighted by molar-refractivity contribution is -0.146. The second kappa shape index (κ2) is 6.85. The van der Waals surface area contributed by atoms with Crippen molar-refractivity contribution < 1.29 is 29.0 Å². The molecule has 1 aromatic carbocycles. The van der Waals surface area contributed by atoms with Crippen LogP contribution in [-0.4, -0.2) is 38.5 Å². The van der Waals surface area contributed by atoms with E-state index in [-0.39, 0.29) is 12.8 Å². The molecule has 0 aliphatic carbocycles. The second-order valence-electron chi connectivity index (χ2n) is 4.99. The number of nitrogens with one attached hydrogen (secondary N) is 1. The van der Waals surface area contributed by atoms with Crippen LogP contribution in [0.4, 0.5) is 0 Å². The van der Waals surface area contributed by atoms with E-state index in [9.17, 15) is 19.3 Å². The van der Waals surface area contributed by atoms with E-state index in [4.69, 9.17) is 9.79 Å². The molecule has 116 valence electrons. The summed E-state index contributed by atoms with van der Waals surface area (Å²) in [5.74, 6) is -1.85. The van der Waals surface area contributed by atoms with E-state index in [1.165, 1.54) is 6.92 Å². The molecule has 0 unspecified atom stereocenters. The topological polar surface area (TPSA) is 124 Å². The van der Waals surface area contributed by atoms with Gasteiger partial charge in [0, 0.05) is 0 Å². The molecule has 0 aliphatic rings. The van der Waals surface area contributed by atoms with Crippen LogP contribution in [0.15, 0.2) is 30.3 Å². The zero-order valence-electron chi connectivity index (χ0n) is 11.5. The van der Waals surface area contributed by atoms with Crippen molar-refractivity contribution in [1.29, 1.82) is 0 Å². The first-order chi connectivity index (χ1) is 9.62. The van der Waals surface area contributed by atoms with E-state index in [0.29, 0.717) is 0 Å². The summed E-state index contributed by atoms with van der Waals surface area (Å²) < 4.78 is 10.9. The van der Waals surface area contributed by atoms with Crippen molar-refractivity contribution in [3.63, 3.8) is 0 Å². The van der Waals surface area contributed by atoms with Crippen molar-refractivity contribution in [3.05, 3.63) is 35.9 Å². The smallest absolute Gasteiger partial charge is 0.329 e. The average molecular weight is 315 g/mol. The van der Waals surface area contributed by atoms with Crippen LogP contribution < -0.4 is 5.32 Å². The van der Waals surface area contributed by atoms with Crippen molar-refractivity contribution in [2.75, 3.05) is 6.16 Å². The number of carbonyl (C=O) groups is 2. The minimum absolute atomic E-state index is 0.000376. The van der Waals surface area contributed by atoms with E-state index in [1.54, 1.807) is 30.3 Å². The van der Waals surface area contributed by atoms with Crippen LogP contribution in [0.5, 0.6) is 0 Å². The lowest BCUT2D eigenvalue weighted by atomic mass is 9.98. The molecule has 0 bridgehead atoms. The largest absolute Gasteiger partial charge is 0.480 e. The second-order valence-corrected chi connectivity index (χ2v) is 6.76. The molecule has 7 nitrogen and oxygen atoms in total. The maximum absolute atomic E-state index is 11.9. The van der Waals surface area contributed by atoms with Gasteiger partial charge < -0.3 is 20.2 Å². The SMILES string of the molecule is C[C@@](CCP(=O)(O)O)(NC(=O)Cc1ccccc1)C(=O)O. The fourth-order valence-electron chi connectivity index (χ4n) is 1.73. The van der Waals surface area contributed by atoms with Gasteiger partial charge in [-0.25, -0.2) is 4.79 Å². The Morgan fingerprint density at radius 3 is 2.29 bits per heavy atom. The molecule has 1 atom stereocenters. The minimum atomic E-state index is -4.33. The highest BCUT2D eigenvalue weighted by atomic mass is 31.2. The number of carboxylic acid groups (broad SMARTS) is 1. The summed E-state index contributed by atoms with van der Waals surface area (Å²) in [7, 11) is -4.33. The molecule has 1 amide bonds. The maximum Gasteiger partial charge on any atom is 0.329 e. The van der Waals surface area contributed by atoms with Crippen LogP contribution in [0.1, 0.15) is 18.9 Å². The van der Waals surface area contributed by atoms with Crippen LogP contribution in [-0.2, 0) is 20.6 Å². The molecule has 21 heavy (non-hydrogen) atoms. The van der Waals surface area contributed by atoms with Crippen LogP contribution in [0.2, 0.25) is 0 Å². The number of amides is 1. The number of hydrogen-bond acceptors (Lipinski definition) is 3. The van der Waals surface area contributed by atoms with Gasteiger partial charge in [0.25, 0.3) is 0 Å². The summed E-state index contributed by atoms with van der Waals surface area (Å²) >= 11 is 0. The van der Waals surface area contributed by atoms with Gasteiger partial charge in [-0.2, -0.15) is 0 Å². The van der Waals surface area contributed by atoms with Crippen molar-refractivity contribution in [2.24, 2.45) is 0 Å². The molecule has 0 heterocycles. The molecular formula is C13H18NO6P. The normalized spacial score (nSPS) is 14.2. The van der Waals surface area contributed by atoms with Gasteiger partial charge in [-0.15, -0.1) is 0 Å². The van der Waals surface area contributed by atoms with E-state index in [0.717, 1.165) is 5.56 Å². The monoisotopic (exact) mass is 315 g/mol. The van der Waals surface area contributed by atoms with E-state index in [1.807, 2.05) is 0 Å². The van der Waals surface area contributed by atoms with Crippen molar-refractivity contribution >= 4 is 19.5 Å². The van der Waals surface area contributed by atoms with E-state index in [2.05, 4.69) is 5.32 Å². The van der Waals surface area contributed by atoms with Gasteiger partial charge >= 0.3 is 13.6 Å². The quantitative estimate of drug-likeness (QED) is 0.551. The van der Waals surface area contributed by atoms with Crippen LogP contribution in [0.25, 0.3) is 0 Å². The first kappa shape index (κ1) is 17.4. The highest BCUT2D eigenvalue weighted by Gasteiger charge is 2.36. The number of carbonyl (C=O) groups excluding carboxylic acids is 1. The summed E-state index contributed by atoms with van der Waals surface area (Å²) in [4.78, 5) is 40.8. The summed E-state index contributed by atoms with van der Waals surface area (Å²) in [5, 5.41) is 11.5. The zero-order valence-corrected chi connectivity index (χ0v) is 12.4. The number of hydrogen-bond donors (Lipinski definition) is 4. The van der Waals surface area contributed by atoms with Gasteiger partial charge in [0.05, 0.1) is 12.6 Å². The number of aliphatic carboxylic acids is 1. The van der Waals surface area contributed by atoms with E-state index >= 15 is 0 Å². The van der Waals surface area contributed by atoms with Crippen LogP contribution >= 0.6 is 7.60 Å². The van der Waals surface area contributed by atoms with Gasteiger partial charge in [0.1, 0.15) is 5.54 Å². The van der Waals surface area contributed by atoms with Gasteiger partial charge in [0.15, 0.2) is 0 Å². The Morgan fingerprint density at radius 1 is 1.24 bits per heavy atom. The Hall–Kier alpha value is -1.69. The molecule has 0 aliphatic heterocycles. The molecule has 4 N–H and O–H groups in total. The first-order valence-electron chi connectivity index (χ1n) is 6.25. The zero-order chi connectivity index (χ0) is 16.1. The summed E-state index contributed by atoms with van der Waals surface area (Å²) in [6, 6.07) is 8.77. The lowest BCUT2D eigenvalue weighted by Gasteiger charge is -2.26. The molecule has 0 radical (unpaired) electrons. The lowest BCUT2D eigenvalue weighted by Crippen LogP contribution is -2.53. The molecule has 0 spiro atoms. The maximum atomic E-state index is 11.9. The Labute approximate surface area is 122 Å². The van der Waals surface area contributed by atoms with Gasteiger partial charge in [-0.3, -0.25) is 9.36 Å². The Kier molecular flexibility index (Phi) is 5.66. The Morgan fingerprint density at radius 2 is 1.81 bits per heavy atom. The molecule has 0 aromatic heterocycles. The Balaban J connectivity index is 2.71. The van der Waals surface area contributed by atoms with Gasteiger partial charge in [-0.05, 0) is 18.9 Å². The fourth-order valence-corrected chi connectivity index (χ4v) is 2.46. The van der Waals surface area contributed by atoms with Crippen molar-refractivity contribution in [2.45, 2.75) is 25.3 Å². The summed E-state index contributed by atoms with van der Waals surface area (Å²) in [6.07, 6.45) is -0.964. The standard InChI is InChI=1S/C13H18NO6P/c1-13(12(16)17,7-8-21(18,19)20)14-11(15)9-10-5-3-2-4-6-10/h2-6H,7-9H2,1H3,(H,14,15)(H,16,17)(H2,18,19,20)/t13-/m0/s1. The molecule has 0 saturated carbocycles. The molecule has 8 heteroatoms. The van der Waals surface area contributed by atoms with Gasteiger partial charge in [0.2, 0.25) is 5.91 Å². The highest BCUT2D eigenvalue weighted by molar-refractivity contribution is 7.51. The predicted octanol–water partition coefficient (Wildman–Crippen LogP) is 0.756. The number of carboxylic acids is 1. The Bertz CT molecular complexity index is 555. The molecule has 1 rings (SSSR count). The fraction of sp³-hybridized carbons (Fsp3) is 0.385. The third-order valence-corrected chi connectivity index (χ3v) is 3.80.